The first-order valence-corrected chi connectivity index (χ1v) is 7.44. The lowest BCUT2D eigenvalue weighted by Gasteiger charge is -2.04. The number of nitrogens with two attached hydrogens (primary N) is 1. The summed E-state index contributed by atoms with van der Waals surface area (Å²) in [5.74, 6) is -0.0212. The van der Waals surface area contributed by atoms with Crippen LogP contribution in [-0.4, -0.2) is 10.9 Å². The molecule has 1 heterocycles. The summed E-state index contributed by atoms with van der Waals surface area (Å²) in [4.78, 5) is 16.2. The van der Waals surface area contributed by atoms with Gasteiger partial charge in [-0.2, -0.15) is 0 Å². The van der Waals surface area contributed by atoms with Crippen LogP contribution in [0.5, 0.6) is 0 Å². The SMILES string of the molecule is Cc1ccc(CNC(=O)Cc2csc(C(C)N)n2)cc1. The summed E-state index contributed by atoms with van der Waals surface area (Å²) in [5, 5.41) is 5.66. The van der Waals surface area contributed by atoms with E-state index in [4.69, 9.17) is 5.73 Å². The molecule has 0 saturated carbocycles. The predicted octanol–water partition coefficient (Wildman–Crippen LogP) is 2.33. The van der Waals surface area contributed by atoms with Gasteiger partial charge in [-0.1, -0.05) is 29.8 Å². The number of nitrogens with zero attached hydrogens (tertiary/aromatic N) is 1. The van der Waals surface area contributed by atoms with Crippen LogP contribution in [0.15, 0.2) is 29.6 Å². The summed E-state index contributed by atoms with van der Waals surface area (Å²) in [6, 6.07) is 8.04. The van der Waals surface area contributed by atoms with Gasteiger partial charge in [0.05, 0.1) is 18.2 Å². The van der Waals surface area contributed by atoms with E-state index >= 15 is 0 Å². The zero-order chi connectivity index (χ0) is 14.5. The summed E-state index contributed by atoms with van der Waals surface area (Å²) >= 11 is 1.50. The van der Waals surface area contributed by atoms with Gasteiger partial charge in [0.25, 0.3) is 0 Å². The summed E-state index contributed by atoms with van der Waals surface area (Å²) in [5.41, 5.74) is 8.84. The van der Waals surface area contributed by atoms with Crippen molar-refractivity contribution in [1.82, 2.24) is 10.3 Å². The Kier molecular flexibility index (Phi) is 4.87. The van der Waals surface area contributed by atoms with E-state index in [0.717, 1.165) is 16.3 Å². The van der Waals surface area contributed by atoms with Gasteiger partial charge in [-0.3, -0.25) is 4.79 Å². The third-order valence-corrected chi connectivity index (χ3v) is 4.01. The summed E-state index contributed by atoms with van der Waals surface area (Å²) in [6.07, 6.45) is 0.301. The quantitative estimate of drug-likeness (QED) is 0.887. The Morgan fingerprint density at radius 2 is 2.10 bits per heavy atom. The molecule has 0 spiro atoms. The highest BCUT2D eigenvalue weighted by molar-refractivity contribution is 7.09. The fraction of sp³-hybridized carbons (Fsp3) is 0.333. The van der Waals surface area contributed by atoms with Gasteiger partial charge in [0.2, 0.25) is 5.91 Å². The van der Waals surface area contributed by atoms with Crippen molar-refractivity contribution in [2.24, 2.45) is 5.73 Å². The summed E-state index contributed by atoms with van der Waals surface area (Å²) in [7, 11) is 0. The van der Waals surface area contributed by atoms with Gasteiger partial charge in [0.15, 0.2) is 0 Å². The molecule has 0 bridgehead atoms. The minimum absolute atomic E-state index is 0.0212. The first kappa shape index (κ1) is 14.7. The van der Waals surface area contributed by atoms with Gasteiger partial charge in [0.1, 0.15) is 5.01 Å². The second-order valence-corrected chi connectivity index (χ2v) is 5.79. The smallest absolute Gasteiger partial charge is 0.226 e. The maximum absolute atomic E-state index is 11.9. The maximum Gasteiger partial charge on any atom is 0.226 e. The lowest BCUT2D eigenvalue weighted by molar-refractivity contribution is -0.120. The molecule has 1 unspecified atom stereocenters. The molecule has 1 aromatic carbocycles. The van der Waals surface area contributed by atoms with Crippen LogP contribution in [0.3, 0.4) is 0 Å². The Hall–Kier alpha value is -1.72. The number of carbonyl (C=O) groups is 1. The number of thiazole rings is 1. The van der Waals surface area contributed by atoms with E-state index in [9.17, 15) is 4.79 Å². The molecule has 1 amide bonds. The molecule has 0 aliphatic heterocycles. The van der Waals surface area contributed by atoms with Crippen LogP contribution in [-0.2, 0) is 17.8 Å². The molecule has 5 heteroatoms. The lowest BCUT2D eigenvalue weighted by Crippen LogP contribution is -2.24. The number of benzene rings is 1. The van der Waals surface area contributed by atoms with Gasteiger partial charge in [-0.15, -0.1) is 11.3 Å². The largest absolute Gasteiger partial charge is 0.352 e. The van der Waals surface area contributed by atoms with E-state index in [1.54, 1.807) is 0 Å². The Labute approximate surface area is 123 Å². The molecule has 4 nitrogen and oxygen atoms in total. The van der Waals surface area contributed by atoms with Crippen molar-refractivity contribution in [3.63, 3.8) is 0 Å². The zero-order valence-electron chi connectivity index (χ0n) is 11.7. The van der Waals surface area contributed by atoms with Gasteiger partial charge in [-0.05, 0) is 19.4 Å². The van der Waals surface area contributed by atoms with E-state index in [2.05, 4.69) is 10.3 Å². The molecule has 0 saturated heterocycles. The molecular weight excluding hydrogens is 270 g/mol. The molecule has 0 radical (unpaired) electrons. The third kappa shape index (κ3) is 4.15. The van der Waals surface area contributed by atoms with Gasteiger partial charge < -0.3 is 11.1 Å². The van der Waals surface area contributed by atoms with Crippen LogP contribution >= 0.6 is 11.3 Å². The molecule has 3 N–H and O–H groups in total. The van der Waals surface area contributed by atoms with E-state index < -0.39 is 0 Å². The second kappa shape index (κ2) is 6.63. The molecule has 106 valence electrons. The Morgan fingerprint density at radius 1 is 1.40 bits per heavy atom. The monoisotopic (exact) mass is 289 g/mol. The fourth-order valence-electron chi connectivity index (χ4n) is 1.75. The van der Waals surface area contributed by atoms with E-state index in [1.165, 1.54) is 16.9 Å². The number of nitrogens with one attached hydrogen (secondary N) is 1. The van der Waals surface area contributed by atoms with Crippen molar-refractivity contribution in [3.8, 4) is 0 Å². The second-order valence-electron chi connectivity index (χ2n) is 4.90. The number of amides is 1. The molecule has 0 fully saturated rings. The van der Waals surface area contributed by atoms with Crippen molar-refractivity contribution < 1.29 is 4.79 Å². The normalized spacial score (nSPS) is 12.2. The molecule has 20 heavy (non-hydrogen) atoms. The van der Waals surface area contributed by atoms with Crippen LogP contribution < -0.4 is 11.1 Å². The average molecular weight is 289 g/mol. The van der Waals surface area contributed by atoms with Gasteiger partial charge in [-0.25, -0.2) is 4.98 Å². The molecule has 0 aliphatic carbocycles. The van der Waals surface area contributed by atoms with Gasteiger partial charge >= 0.3 is 0 Å². The Morgan fingerprint density at radius 3 is 2.70 bits per heavy atom. The molecule has 0 aliphatic rings. The van der Waals surface area contributed by atoms with Crippen LogP contribution in [0.25, 0.3) is 0 Å². The number of rotatable bonds is 5. The minimum atomic E-state index is -0.0793. The number of hydrogen-bond acceptors (Lipinski definition) is 4. The molecule has 1 atom stereocenters. The highest BCUT2D eigenvalue weighted by atomic mass is 32.1. The first-order chi connectivity index (χ1) is 9.54. The number of aromatic nitrogens is 1. The molecule has 1 aromatic heterocycles. The first-order valence-electron chi connectivity index (χ1n) is 6.56. The topological polar surface area (TPSA) is 68.0 Å². The highest BCUT2D eigenvalue weighted by Gasteiger charge is 2.09. The van der Waals surface area contributed by atoms with Crippen LogP contribution in [0.4, 0.5) is 0 Å². The zero-order valence-corrected chi connectivity index (χ0v) is 12.5. The van der Waals surface area contributed by atoms with E-state index in [0.29, 0.717) is 13.0 Å². The van der Waals surface area contributed by atoms with Crippen molar-refractivity contribution in [2.75, 3.05) is 0 Å². The van der Waals surface area contributed by atoms with E-state index in [1.807, 2.05) is 43.5 Å². The van der Waals surface area contributed by atoms with E-state index in [-0.39, 0.29) is 11.9 Å². The summed E-state index contributed by atoms with van der Waals surface area (Å²) < 4.78 is 0. The number of aryl methyl sites for hydroxylation is 1. The average Bonchev–Trinajstić information content (AvgIpc) is 2.87. The Bertz CT molecular complexity index is 575. The van der Waals surface area contributed by atoms with Crippen molar-refractivity contribution in [2.45, 2.75) is 32.9 Å². The third-order valence-electron chi connectivity index (χ3n) is 2.91. The van der Waals surface area contributed by atoms with Crippen LogP contribution in [0.2, 0.25) is 0 Å². The minimum Gasteiger partial charge on any atom is -0.352 e. The number of carbonyl (C=O) groups excluding carboxylic acids is 1. The van der Waals surface area contributed by atoms with Crippen molar-refractivity contribution in [1.29, 1.82) is 0 Å². The summed E-state index contributed by atoms with van der Waals surface area (Å²) in [6.45, 7) is 4.48. The standard InChI is InChI=1S/C15H19N3OS/c1-10-3-5-12(6-4-10)8-17-14(19)7-13-9-20-15(18-13)11(2)16/h3-6,9,11H,7-8,16H2,1-2H3,(H,17,19). The lowest BCUT2D eigenvalue weighted by atomic mass is 10.1. The molecule has 2 aromatic rings. The predicted molar refractivity (Wildman–Crippen MR) is 81.4 cm³/mol. The van der Waals surface area contributed by atoms with Crippen LogP contribution in [0.1, 0.15) is 34.8 Å². The fourth-order valence-corrected chi connectivity index (χ4v) is 2.52. The van der Waals surface area contributed by atoms with Gasteiger partial charge in [0, 0.05) is 11.9 Å². The van der Waals surface area contributed by atoms with Crippen LogP contribution in [0, 0.1) is 6.92 Å². The van der Waals surface area contributed by atoms with Crippen molar-refractivity contribution >= 4 is 17.2 Å². The molecular formula is C15H19N3OS. The maximum atomic E-state index is 11.9. The number of hydrogen-bond donors (Lipinski definition) is 2. The molecule has 2 rings (SSSR count). The Balaban J connectivity index is 1.84. The van der Waals surface area contributed by atoms with Crippen molar-refractivity contribution in [3.05, 3.63) is 51.5 Å². The highest BCUT2D eigenvalue weighted by Crippen LogP contribution is 2.16.